The van der Waals surface area contributed by atoms with Gasteiger partial charge in [0.05, 0.1) is 0 Å². The normalized spacial score (nSPS) is 45.7. The molecule has 76 valence electrons. The molecule has 0 saturated carbocycles. The molecule has 0 amide bonds. The Bertz CT molecular complexity index is 156. The van der Waals surface area contributed by atoms with Gasteiger partial charge < -0.3 is 5.32 Å². The zero-order chi connectivity index (χ0) is 9.26. The van der Waals surface area contributed by atoms with Crippen molar-refractivity contribution in [3.63, 3.8) is 0 Å². The topological polar surface area (TPSA) is 12.0 Å². The van der Waals surface area contributed by atoms with Crippen molar-refractivity contribution in [2.24, 2.45) is 0 Å². The minimum Gasteiger partial charge on any atom is -0.309 e. The van der Waals surface area contributed by atoms with Crippen LogP contribution in [0.15, 0.2) is 0 Å². The van der Waals surface area contributed by atoms with Gasteiger partial charge >= 0.3 is 0 Å². The van der Waals surface area contributed by atoms with Crippen LogP contribution in [0.5, 0.6) is 0 Å². The Morgan fingerprint density at radius 2 is 1.38 bits per heavy atom. The van der Waals surface area contributed by atoms with Crippen LogP contribution in [0, 0.1) is 0 Å². The molecule has 2 rings (SSSR count). The summed E-state index contributed by atoms with van der Waals surface area (Å²) in [6.07, 6.45) is 2.75. The third-order valence-electron chi connectivity index (χ3n) is 3.18. The van der Waals surface area contributed by atoms with Crippen LogP contribution in [0.1, 0.15) is 26.7 Å². The lowest BCUT2D eigenvalue weighted by atomic mass is 10.1. The highest BCUT2D eigenvalue weighted by Crippen LogP contribution is 2.31. The summed E-state index contributed by atoms with van der Waals surface area (Å²) in [7, 11) is 0. The maximum atomic E-state index is 3.84. The van der Waals surface area contributed by atoms with Crippen LogP contribution in [-0.2, 0) is 0 Å². The van der Waals surface area contributed by atoms with Gasteiger partial charge in [-0.2, -0.15) is 23.5 Å². The molecule has 4 unspecified atom stereocenters. The SMILES string of the molecule is CC1SCCC1NC1CCSC1C. The smallest absolute Gasteiger partial charge is 0.0194 e. The second-order valence-corrected chi connectivity index (χ2v) is 7.08. The fraction of sp³-hybridized carbons (Fsp3) is 1.00. The zero-order valence-electron chi connectivity index (χ0n) is 8.45. The van der Waals surface area contributed by atoms with E-state index in [-0.39, 0.29) is 0 Å². The van der Waals surface area contributed by atoms with E-state index in [1.165, 1.54) is 24.3 Å². The number of rotatable bonds is 2. The molecular formula is C10H19NS2. The molecule has 0 aliphatic carbocycles. The first kappa shape index (κ1) is 10.2. The lowest BCUT2D eigenvalue weighted by molar-refractivity contribution is 0.424. The van der Waals surface area contributed by atoms with Gasteiger partial charge in [-0.3, -0.25) is 0 Å². The molecule has 0 spiro atoms. The van der Waals surface area contributed by atoms with Crippen LogP contribution in [0.25, 0.3) is 0 Å². The van der Waals surface area contributed by atoms with Crippen LogP contribution in [0.3, 0.4) is 0 Å². The molecule has 2 saturated heterocycles. The molecule has 2 aliphatic heterocycles. The summed E-state index contributed by atoms with van der Waals surface area (Å²) in [4.78, 5) is 0. The van der Waals surface area contributed by atoms with Crippen molar-refractivity contribution in [2.45, 2.75) is 49.3 Å². The molecule has 3 heteroatoms. The summed E-state index contributed by atoms with van der Waals surface area (Å²) < 4.78 is 0. The van der Waals surface area contributed by atoms with Crippen molar-refractivity contribution in [3.8, 4) is 0 Å². The van der Waals surface area contributed by atoms with Gasteiger partial charge in [0, 0.05) is 22.6 Å². The van der Waals surface area contributed by atoms with Gasteiger partial charge in [0.1, 0.15) is 0 Å². The van der Waals surface area contributed by atoms with Gasteiger partial charge in [-0.1, -0.05) is 13.8 Å². The largest absolute Gasteiger partial charge is 0.309 e. The van der Waals surface area contributed by atoms with E-state index in [4.69, 9.17) is 0 Å². The fourth-order valence-corrected chi connectivity index (χ4v) is 4.59. The molecule has 0 aromatic rings. The highest BCUT2D eigenvalue weighted by molar-refractivity contribution is 8.00. The third kappa shape index (κ3) is 2.37. The predicted octanol–water partition coefficient (Wildman–Crippen LogP) is 2.36. The summed E-state index contributed by atoms with van der Waals surface area (Å²) in [6.45, 7) is 4.73. The first-order chi connectivity index (χ1) is 6.27. The Kier molecular flexibility index (Phi) is 3.49. The monoisotopic (exact) mass is 217 g/mol. The Morgan fingerprint density at radius 3 is 1.69 bits per heavy atom. The van der Waals surface area contributed by atoms with Crippen molar-refractivity contribution in [2.75, 3.05) is 11.5 Å². The molecule has 1 N–H and O–H groups in total. The highest BCUT2D eigenvalue weighted by atomic mass is 32.2. The lowest BCUT2D eigenvalue weighted by Crippen LogP contribution is -2.43. The van der Waals surface area contributed by atoms with Gasteiger partial charge in [0.25, 0.3) is 0 Å². The van der Waals surface area contributed by atoms with Crippen LogP contribution >= 0.6 is 23.5 Å². The number of nitrogens with one attached hydrogen (secondary N) is 1. The lowest BCUT2D eigenvalue weighted by Gasteiger charge is -2.24. The Morgan fingerprint density at radius 1 is 0.923 bits per heavy atom. The predicted molar refractivity (Wildman–Crippen MR) is 63.8 cm³/mol. The number of thioether (sulfide) groups is 2. The summed E-state index contributed by atoms with van der Waals surface area (Å²) in [5, 5.41) is 5.50. The van der Waals surface area contributed by atoms with Gasteiger partial charge in [0.15, 0.2) is 0 Å². The molecule has 0 radical (unpaired) electrons. The molecule has 2 fully saturated rings. The van der Waals surface area contributed by atoms with E-state index >= 15 is 0 Å². The highest BCUT2D eigenvalue weighted by Gasteiger charge is 2.30. The molecule has 4 atom stereocenters. The summed E-state index contributed by atoms with van der Waals surface area (Å²) in [5.41, 5.74) is 0. The van der Waals surface area contributed by atoms with Crippen molar-refractivity contribution < 1.29 is 0 Å². The Hall–Kier alpha value is 0.660. The second kappa shape index (κ2) is 4.45. The number of hydrogen-bond acceptors (Lipinski definition) is 3. The molecular weight excluding hydrogens is 198 g/mol. The quantitative estimate of drug-likeness (QED) is 0.762. The maximum Gasteiger partial charge on any atom is 0.0194 e. The van der Waals surface area contributed by atoms with Gasteiger partial charge in [-0.25, -0.2) is 0 Å². The third-order valence-corrected chi connectivity index (χ3v) is 5.83. The van der Waals surface area contributed by atoms with Crippen LogP contribution in [0.2, 0.25) is 0 Å². The van der Waals surface area contributed by atoms with Crippen molar-refractivity contribution in [1.29, 1.82) is 0 Å². The van der Waals surface area contributed by atoms with E-state index in [0.29, 0.717) is 0 Å². The first-order valence-electron chi connectivity index (χ1n) is 5.26. The summed E-state index contributed by atoms with van der Waals surface area (Å²) in [5.74, 6) is 2.71. The maximum absolute atomic E-state index is 3.84. The minimum absolute atomic E-state index is 0.788. The minimum atomic E-state index is 0.788. The summed E-state index contributed by atoms with van der Waals surface area (Å²) >= 11 is 4.24. The van der Waals surface area contributed by atoms with Gasteiger partial charge in [0.2, 0.25) is 0 Å². The van der Waals surface area contributed by atoms with Crippen molar-refractivity contribution in [1.82, 2.24) is 5.32 Å². The number of hydrogen-bond donors (Lipinski definition) is 1. The van der Waals surface area contributed by atoms with Gasteiger partial charge in [-0.05, 0) is 24.3 Å². The summed E-state index contributed by atoms with van der Waals surface area (Å²) in [6, 6.07) is 1.58. The van der Waals surface area contributed by atoms with E-state index in [1.54, 1.807) is 0 Å². The second-order valence-electron chi connectivity index (χ2n) is 4.11. The van der Waals surface area contributed by atoms with Crippen LogP contribution < -0.4 is 5.32 Å². The fourth-order valence-electron chi connectivity index (χ4n) is 2.18. The van der Waals surface area contributed by atoms with Crippen LogP contribution in [-0.4, -0.2) is 34.1 Å². The van der Waals surface area contributed by atoms with E-state index in [1.807, 2.05) is 0 Å². The van der Waals surface area contributed by atoms with E-state index in [9.17, 15) is 0 Å². The van der Waals surface area contributed by atoms with E-state index in [2.05, 4.69) is 42.7 Å². The van der Waals surface area contributed by atoms with E-state index in [0.717, 1.165) is 22.6 Å². The Labute approximate surface area is 89.8 Å². The van der Waals surface area contributed by atoms with E-state index < -0.39 is 0 Å². The van der Waals surface area contributed by atoms with Crippen molar-refractivity contribution >= 4 is 23.5 Å². The molecule has 13 heavy (non-hydrogen) atoms. The van der Waals surface area contributed by atoms with Crippen LogP contribution in [0.4, 0.5) is 0 Å². The molecule has 0 aromatic carbocycles. The molecule has 0 bridgehead atoms. The first-order valence-corrected chi connectivity index (χ1v) is 7.36. The average Bonchev–Trinajstić information content (AvgIpc) is 2.65. The molecule has 1 nitrogen and oxygen atoms in total. The van der Waals surface area contributed by atoms with Gasteiger partial charge in [-0.15, -0.1) is 0 Å². The standard InChI is InChI=1S/C10H19NS2/c1-7-9(3-5-12-7)11-10-4-6-13-8(10)2/h7-11H,3-6H2,1-2H3. The molecule has 2 heterocycles. The Balaban J connectivity index is 1.82. The molecule has 0 aromatic heterocycles. The average molecular weight is 217 g/mol. The molecule has 2 aliphatic rings. The zero-order valence-corrected chi connectivity index (χ0v) is 10.1. The van der Waals surface area contributed by atoms with Crippen molar-refractivity contribution in [3.05, 3.63) is 0 Å².